The molecule has 0 aliphatic carbocycles. The lowest BCUT2D eigenvalue weighted by Crippen LogP contribution is -2.37. The lowest BCUT2D eigenvalue weighted by molar-refractivity contribution is 0.572. The van der Waals surface area contributed by atoms with E-state index in [2.05, 4.69) is 20.8 Å². The number of rotatable bonds is 2. The van der Waals surface area contributed by atoms with Crippen LogP contribution in [-0.2, 0) is 5.33 Å². The predicted octanol–water partition coefficient (Wildman–Crippen LogP) is 2.93. The fourth-order valence-electron chi connectivity index (χ4n) is 1.45. The van der Waals surface area contributed by atoms with Gasteiger partial charge in [0.1, 0.15) is 5.82 Å². The van der Waals surface area contributed by atoms with Crippen LogP contribution >= 0.6 is 15.9 Å². The molecule has 1 aromatic rings. The van der Waals surface area contributed by atoms with Gasteiger partial charge >= 0.3 is 0 Å². The standard InChI is InChI=1S/C10H11BrFN/c11-7-8-2-3-10(9(12)6-8)13-4-1-5-13/h2-3,6H,1,4-5,7H2. The summed E-state index contributed by atoms with van der Waals surface area (Å²) in [5.41, 5.74) is 1.73. The molecule has 0 aromatic heterocycles. The second kappa shape index (κ2) is 3.66. The number of alkyl halides is 1. The van der Waals surface area contributed by atoms with Crippen LogP contribution < -0.4 is 4.90 Å². The topological polar surface area (TPSA) is 3.24 Å². The van der Waals surface area contributed by atoms with Crippen molar-refractivity contribution in [1.29, 1.82) is 0 Å². The molecule has 1 saturated heterocycles. The van der Waals surface area contributed by atoms with E-state index < -0.39 is 0 Å². The molecule has 0 atom stereocenters. The normalized spacial score (nSPS) is 15.7. The number of anilines is 1. The molecule has 0 unspecified atom stereocenters. The number of nitrogens with zero attached hydrogens (tertiary/aromatic N) is 1. The molecule has 0 radical (unpaired) electrons. The first-order valence-electron chi connectivity index (χ1n) is 4.40. The Morgan fingerprint density at radius 2 is 2.15 bits per heavy atom. The van der Waals surface area contributed by atoms with E-state index in [-0.39, 0.29) is 5.82 Å². The summed E-state index contributed by atoms with van der Waals surface area (Å²) in [4.78, 5) is 2.06. The first kappa shape index (κ1) is 9.00. The van der Waals surface area contributed by atoms with Crippen LogP contribution in [0.5, 0.6) is 0 Å². The van der Waals surface area contributed by atoms with Gasteiger partial charge in [-0.1, -0.05) is 22.0 Å². The van der Waals surface area contributed by atoms with Crippen LogP contribution in [-0.4, -0.2) is 13.1 Å². The van der Waals surface area contributed by atoms with Crippen molar-refractivity contribution in [2.45, 2.75) is 11.8 Å². The third-order valence-corrected chi connectivity index (χ3v) is 3.01. The Hall–Kier alpha value is -0.570. The van der Waals surface area contributed by atoms with E-state index in [1.54, 1.807) is 6.07 Å². The van der Waals surface area contributed by atoms with E-state index >= 15 is 0 Å². The van der Waals surface area contributed by atoms with Gasteiger partial charge in [0.15, 0.2) is 0 Å². The van der Waals surface area contributed by atoms with E-state index in [1.807, 2.05) is 12.1 Å². The lowest BCUT2D eigenvalue weighted by atomic mass is 10.1. The molecule has 1 fully saturated rings. The van der Waals surface area contributed by atoms with Crippen LogP contribution in [0.25, 0.3) is 0 Å². The molecule has 0 saturated carbocycles. The van der Waals surface area contributed by atoms with Gasteiger partial charge in [-0.25, -0.2) is 4.39 Å². The summed E-state index contributed by atoms with van der Waals surface area (Å²) in [5, 5.41) is 0.712. The molecule has 0 spiro atoms. The van der Waals surface area contributed by atoms with Gasteiger partial charge < -0.3 is 4.90 Å². The summed E-state index contributed by atoms with van der Waals surface area (Å²) >= 11 is 3.30. The maximum Gasteiger partial charge on any atom is 0.146 e. The fourth-order valence-corrected chi connectivity index (χ4v) is 1.80. The Morgan fingerprint density at radius 1 is 1.38 bits per heavy atom. The van der Waals surface area contributed by atoms with Crippen molar-refractivity contribution in [2.75, 3.05) is 18.0 Å². The van der Waals surface area contributed by atoms with Gasteiger partial charge in [0, 0.05) is 18.4 Å². The zero-order valence-corrected chi connectivity index (χ0v) is 8.85. The monoisotopic (exact) mass is 243 g/mol. The molecule has 1 aliphatic rings. The Labute approximate surface area is 85.7 Å². The van der Waals surface area contributed by atoms with Crippen molar-refractivity contribution in [2.24, 2.45) is 0 Å². The molecular weight excluding hydrogens is 233 g/mol. The van der Waals surface area contributed by atoms with Crippen LogP contribution in [0.4, 0.5) is 10.1 Å². The van der Waals surface area contributed by atoms with Gasteiger partial charge in [-0.2, -0.15) is 0 Å². The van der Waals surface area contributed by atoms with E-state index in [4.69, 9.17) is 0 Å². The van der Waals surface area contributed by atoms with Crippen molar-refractivity contribution in [3.05, 3.63) is 29.6 Å². The molecule has 70 valence electrons. The summed E-state index contributed by atoms with van der Waals surface area (Å²) in [7, 11) is 0. The lowest BCUT2D eigenvalue weighted by Gasteiger charge is -2.33. The van der Waals surface area contributed by atoms with Crippen LogP contribution in [0.2, 0.25) is 0 Å². The van der Waals surface area contributed by atoms with Crippen molar-refractivity contribution >= 4 is 21.6 Å². The summed E-state index contributed by atoms with van der Waals surface area (Å²) in [6.07, 6.45) is 1.18. The fraction of sp³-hybridized carbons (Fsp3) is 0.400. The van der Waals surface area contributed by atoms with Gasteiger partial charge in [-0.15, -0.1) is 0 Å². The van der Waals surface area contributed by atoms with E-state index in [1.165, 1.54) is 6.42 Å². The van der Waals surface area contributed by atoms with Crippen molar-refractivity contribution < 1.29 is 4.39 Å². The molecule has 1 nitrogen and oxygen atoms in total. The van der Waals surface area contributed by atoms with Crippen LogP contribution in [0.15, 0.2) is 18.2 Å². The van der Waals surface area contributed by atoms with E-state index in [0.29, 0.717) is 5.33 Å². The van der Waals surface area contributed by atoms with Crippen molar-refractivity contribution in [1.82, 2.24) is 0 Å². The molecule has 2 rings (SSSR count). The highest BCUT2D eigenvalue weighted by Crippen LogP contribution is 2.25. The van der Waals surface area contributed by atoms with Crippen molar-refractivity contribution in [3.8, 4) is 0 Å². The largest absolute Gasteiger partial charge is 0.369 e. The molecule has 0 amide bonds. The molecule has 3 heteroatoms. The van der Waals surface area contributed by atoms with Gasteiger partial charge in [-0.05, 0) is 24.1 Å². The Kier molecular flexibility index (Phi) is 2.54. The summed E-state index contributed by atoms with van der Waals surface area (Å²) < 4.78 is 13.4. The first-order valence-corrected chi connectivity index (χ1v) is 5.53. The Balaban J connectivity index is 2.26. The highest BCUT2D eigenvalue weighted by Gasteiger charge is 2.17. The number of halogens is 2. The van der Waals surface area contributed by atoms with Gasteiger partial charge in [0.2, 0.25) is 0 Å². The van der Waals surface area contributed by atoms with Crippen LogP contribution in [0.1, 0.15) is 12.0 Å². The smallest absolute Gasteiger partial charge is 0.146 e. The molecule has 13 heavy (non-hydrogen) atoms. The minimum Gasteiger partial charge on any atom is -0.369 e. The zero-order valence-electron chi connectivity index (χ0n) is 7.26. The minimum atomic E-state index is -0.100. The summed E-state index contributed by atoms with van der Waals surface area (Å²) in [6.45, 7) is 1.98. The maximum absolute atomic E-state index is 13.4. The van der Waals surface area contributed by atoms with Crippen LogP contribution in [0.3, 0.4) is 0 Å². The van der Waals surface area contributed by atoms with Gasteiger partial charge in [-0.3, -0.25) is 0 Å². The second-order valence-corrected chi connectivity index (χ2v) is 3.82. The summed E-state index contributed by atoms with van der Waals surface area (Å²) in [5.74, 6) is -0.100. The third kappa shape index (κ3) is 1.70. The zero-order chi connectivity index (χ0) is 9.26. The molecule has 1 aromatic carbocycles. The first-order chi connectivity index (χ1) is 6.31. The molecular formula is C10H11BrFN. The van der Waals surface area contributed by atoms with Crippen LogP contribution in [0, 0.1) is 5.82 Å². The Morgan fingerprint density at radius 3 is 2.62 bits per heavy atom. The van der Waals surface area contributed by atoms with Crippen molar-refractivity contribution in [3.63, 3.8) is 0 Å². The average Bonchev–Trinajstić information content (AvgIpc) is 2.05. The number of hydrogen-bond acceptors (Lipinski definition) is 1. The second-order valence-electron chi connectivity index (χ2n) is 3.26. The van der Waals surface area contributed by atoms with Gasteiger partial charge in [0.25, 0.3) is 0 Å². The third-order valence-electron chi connectivity index (χ3n) is 2.36. The highest BCUT2D eigenvalue weighted by molar-refractivity contribution is 9.08. The minimum absolute atomic E-state index is 0.100. The quantitative estimate of drug-likeness (QED) is 0.723. The number of hydrogen-bond donors (Lipinski definition) is 0. The Bertz CT molecular complexity index is 310. The summed E-state index contributed by atoms with van der Waals surface area (Å²) in [6, 6.07) is 5.43. The molecule has 1 heterocycles. The van der Waals surface area contributed by atoms with Gasteiger partial charge in [0.05, 0.1) is 5.69 Å². The highest BCUT2D eigenvalue weighted by atomic mass is 79.9. The predicted molar refractivity (Wildman–Crippen MR) is 55.9 cm³/mol. The average molecular weight is 244 g/mol. The SMILES string of the molecule is Fc1cc(CBr)ccc1N1CCC1. The van der Waals surface area contributed by atoms with E-state index in [9.17, 15) is 4.39 Å². The molecule has 0 N–H and O–H groups in total. The molecule has 0 bridgehead atoms. The number of benzene rings is 1. The molecule has 1 aliphatic heterocycles. The van der Waals surface area contributed by atoms with E-state index in [0.717, 1.165) is 24.3 Å². The maximum atomic E-state index is 13.4.